The van der Waals surface area contributed by atoms with E-state index in [0.717, 1.165) is 40.3 Å². The van der Waals surface area contributed by atoms with Gasteiger partial charge < -0.3 is 10.4 Å². The van der Waals surface area contributed by atoms with Gasteiger partial charge in [-0.15, -0.1) is 0 Å². The number of amides is 1. The number of carbonyl (C=O) groups excluding carboxylic acids is 1. The van der Waals surface area contributed by atoms with Gasteiger partial charge in [-0.2, -0.15) is 0 Å². The Balaban J connectivity index is 1.68. The number of anilines is 1. The largest absolute Gasteiger partial charge is 0.386 e. The Morgan fingerprint density at radius 1 is 1.18 bits per heavy atom. The number of carbonyl (C=O) groups is 1. The van der Waals surface area contributed by atoms with Gasteiger partial charge in [-0.1, -0.05) is 12.1 Å². The van der Waals surface area contributed by atoms with Crippen LogP contribution in [0.3, 0.4) is 0 Å². The Bertz CT molecular complexity index is 1080. The van der Waals surface area contributed by atoms with E-state index in [2.05, 4.69) is 10.3 Å². The molecule has 4 nitrogen and oxygen atoms in total. The van der Waals surface area contributed by atoms with Gasteiger partial charge in [0, 0.05) is 23.1 Å². The summed E-state index contributed by atoms with van der Waals surface area (Å²) in [4.78, 5) is 16.3. The zero-order chi connectivity index (χ0) is 20.1. The van der Waals surface area contributed by atoms with E-state index < -0.39 is 11.4 Å². The van der Waals surface area contributed by atoms with Crippen molar-refractivity contribution in [1.29, 1.82) is 0 Å². The molecule has 1 aliphatic rings. The molecule has 3 aromatic rings. The number of benzene rings is 2. The molecule has 144 valence electrons. The summed E-state index contributed by atoms with van der Waals surface area (Å²) in [5, 5.41) is 14.9. The molecule has 1 aromatic heterocycles. The number of nitrogens with zero attached hydrogens (tertiary/aromatic N) is 1. The molecular formula is C23H23FN2O2. The Hall–Kier alpha value is -2.79. The van der Waals surface area contributed by atoms with Crippen molar-refractivity contribution in [2.75, 3.05) is 5.32 Å². The standard InChI is InChI=1S/C23H23FN2O2/c1-13-8-19(23(2,3)28)20(24)11-18(13)16-7-6-15-10-21(25-12-17(15)9-16)26-22(27)14-4-5-14/h6-12,14,28H,4-5H2,1-3H3,(H,25,26,27). The second-order valence-corrected chi connectivity index (χ2v) is 8.10. The van der Waals surface area contributed by atoms with Crippen LogP contribution in [0.25, 0.3) is 21.9 Å². The lowest BCUT2D eigenvalue weighted by molar-refractivity contribution is -0.117. The van der Waals surface area contributed by atoms with Crippen LogP contribution in [0.2, 0.25) is 0 Å². The summed E-state index contributed by atoms with van der Waals surface area (Å²) in [6.45, 7) is 5.06. The molecule has 4 rings (SSSR count). The molecule has 1 amide bonds. The number of fused-ring (bicyclic) bond motifs is 1. The molecule has 2 aromatic carbocycles. The van der Waals surface area contributed by atoms with Crippen LogP contribution < -0.4 is 5.32 Å². The normalized spacial score (nSPS) is 14.3. The van der Waals surface area contributed by atoms with E-state index in [9.17, 15) is 14.3 Å². The number of halogens is 1. The molecule has 0 spiro atoms. The number of aromatic nitrogens is 1. The highest BCUT2D eigenvalue weighted by atomic mass is 19.1. The summed E-state index contributed by atoms with van der Waals surface area (Å²) >= 11 is 0. The van der Waals surface area contributed by atoms with Crippen molar-refractivity contribution in [3.8, 4) is 11.1 Å². The highest BCUT2D eigenvalue weighted by Crippen LogP contribution is 2.33. The zero-order valence-corrected chi connectivity index (χ0v) is 16.2. The maximum absolute atomic E-state index is 14.6. The second-order valence-electron chi connectivity index (χ2n) is 8.10. The first-order valence-electron chi connectivity index (χ1n) is 9.46. The fourth-order valence-electron chi connectivity index (χ4n) is 3.41. The Morgan fingerprint density at radius 3 is 2.61 bits per heavy atom. The van der Waals surface area contributed by atoms with E-state index >= 15 is 0 Å². The lowest BCUT2D eigenvalue weighted by atomic mass is 9.91. The highest BCUT2D eigenvalue weighted by Gasteiger charge is 2.29. The first-order chi connectivity index (χ1) is 13.2. The minimum absolute atomic E-state index is 0.0291. The van der Waals surface area contributed by atoms with Gasteiger partial charge in [0.05, 0.1) is 5.60 Å². The average Bonchev–Trinajstić information content (AvgIpc) is 3.47. The van der Waals surface area contributed by atoms with Crippen LogP contribution in [0.1, 0.15) is 37.8 Å². The summed E-state index contributed by atoms with van der Waals surface area (Å²) in [7, 11) is 0. The molecule has 1 fully saturated rings. The fourth-order valence-corrected chi connectivity index (χ4v) is 3.41. The van der Waals surface area contributed by atoms with E-state index in [-0.39, 0.29) is 17.4 Å². The van der Waals surface area contributed by atoms with Crippen LogP contribution >= 0.6 is 0 Å². The molecule has 0 radical (unpaired) electrons. The minimum Gasteiger partial charge on any atom is -0.386 e. The lowest BCUT2D eigenvalue weighted by Gasteiger charge is -2.20. The van der Waals surface area contributed by atoms with Crippen LogP contribution in [-0.4, -0.2) is 16.0 Å². The van der Waals surface area contributed by atoms with Crippen LogP contribution in [-0.2, 0) is 10.4 Å². The lowest BCUT2D eigenvalue weighted by Crippen LogP contribution is -2.18. The molecule has 5 heteroatoms. The van der Waals surface area contributed by atoms with Gasteiger partial charge in [-0.25, -0.2) is 9.37 Å². The zero-order valence-electron chi connectivity index (χ0n) is 16.2. The number of hydrogen-bond donors (Lipinski definition) is 2. The van der Waals surface area contributed by atoms with E-state index in [4.69, 9.17) is 0 Å². The fraction of sp³-hybridized carbons (Fsp3) is 0.304. The maximum atomic E-state index is 14.6. The summed E-state index contributed by atoms with van der Waals surface area (Å²) in [6, 6.07) is 10.9. The van der Waals surface area contributed by atoms with Crippen LogP contribution in [0.4, 0.5) is 10.2 Å². The topological polar surface area (TPSA) is 62.2 Å². The van der Waals surface area contributed by atoms with E-state index in [1.807, 2.05) is 31.2 Å². The van der Waals surface area contributed by atoms with E-state index in [1.54, 1.807) is 26.1 Å². The van der Waals surface area contributed by atoms with Gasteiger partial charge in [0.25, 0.3) is 0 Å². The van der Waals surface area contributed by atoms with Crippen molar-refractivity contribution in [3.05, 3.63) is 59.5 Å². The number of aliphatic hydroxyl groups is 1. The van der Waals surface area contributed by atoms with Crippen LogP contribution in [0, 0.1) is 18.7 Å². The summed E-state index contributed by atoms with van der Waals surface area (Å²) in [5.74, 6) is 0.282. The molecule has 0 atom stereocenters. The molecular weight excluding hydrogens is 355 g/mol. The van der Waals surface area contributed by atoms with Crippen molar-refractivity contribution < 1.29 is 14.3 Å². The third-order valence-electron chi connectivity index (χ3n) is 5.21. The van der Waals surface area contributed by atoms with Gasteiger partial charge in [0.2, 0.25) is 5.91 Å². The molecule has 2 N–H and O–H groups in total. The number of hydrogen-bond acceptors (Lipinski definition) is 3. The van der Waals surface area contributed by atoms with Crippen molar-refractivity contribution in [2.24, 2.45) is 5.92 Å². The molecule has 0 aliphatic heterocycles. The third kappa shape index (κ3) is 3.62. The molecule has 0 saturated heterocycles. The predicted octanol–water partition coefficient (Wildman–Crippen LogP) is 4.93. The van der Waals surface area contributed by atoms with Crippen molar-refractivity contribution in [1.82, 2.24) is 4.98 Å². The van der Waals surface area contributed by atoms with Crippen molar-refractivity contribution in [3.63, 3.8) is 0 Å². The van der Waals surface area contributed by atoms with Gasteiger partial charge >= 0.3 is 0 Å². The molecule has 1 aliphatic carbocycles. The highest BCUT2D eigenvalue weighted by molar-refractivity contribution is 5.96. The Labute approximate surface area is 163 Å². The number of rotatable bonds is 4. The van der Waals surface area contributed by atoms with Gasteiger partial charge in [-0.3, -0.25) is 4.79 Å². The Morgan fingerprint density at radius 2 is 1.93 bits per heavy atom. The molecule has 1 heterocycles. The number of nitrogens with one attached hydrogen (secondary N) is 1. The quantitative estimate of drug-likeness (QED) is 0.677. The van der Waals surface area contributed by atoms with E-state index in [0.29, 0.717) is 5.82 Å². The Kier molecular flexibility index (Phi) is 4.42. The summed E-state index contributed by atoms with van der Waals surface area (Å²) < 4.78 is 14.6. The first-order valence-corrected chi connectivity index (χ1v) is 9.46. The SMILES string of the molecule is Cc1cc(C(C)(C)O)c(F)cc1-c1ccc2cc(NC(=O)C3CC3)ncc2c1. The predicted molar refractivity (Wildman–Crippen MR) is 108 cm³/mol. The summed E-state index contributed by atoms with van der Waals surface area (Å²) in [6.07, 6.45) is 3.62. The number of aryl methyl sites for hydroxylation is 1. The smallest absolute Gasteiger partial charge is 0.228 e. The third-order valence-corrected chi connectivity index (χ3v) is 5.21. The molecule has 0 bridgehead atoms. The molecule has 28 heavy (non-hydrogen) atoms. The van der Waals surface area contributed by atoms with Gasteiger partial charge in [-0.05, 0) is 80.0 Å². The van der Waals surface area contributed by atoms with E-state index in [1.165, 1.54) is 6.07 Å². The van der Waals surface area contributed by atoms with Crippen LogP contribution in [0.5, 0.6) is 0 Å². The molecule has 1 saturated carbocycles. The van der Waals surface area contributed by atoms with Gasteiger partial charge in [0.1, 0.15) is 11.6 Å². The van der Waals surface area contributed by atoms with Gasteiger partial charge in [0.15, 0.2) is 0 Å². The average molecular weight is 378 g/mol. The van der Waals surface area contributed by atoms with Crippen LogP contribution in [0.15, 0.2) is 42.6 Å². The summed E-state index contributed by atoms with van der Waals surface area (Å²) in [5.41, 5.74) is 1.59. The minimum atomic E-state index is -1.23. The monoisotopic (exact) mass is 378 g/mol. The molecule has 0 unspecified atom stereocenters. The van der Waals surface area contributed by atoms with Crippen molar-refractivity contribution >= 4 is 22.5 Å². The maximum Gasteiger partial charge on any atom is 0.228 e. The second kappa shape index (κ2) is 6.67. The van der Waals surface area contributed by atoms with Crippen molar-refractivity contribution in [2.45, 2.75) is 39.2 Å². The number of pyridine rings is 1. The first kappa shape index (κ1) is 18.6.